The molecule has 3 rings (SSSR count). The zero-order valence-electron chi connectivity index (χ0n) is 32.7. The van der Waals surface area contributed by atoms with Crippen LogP contribution in [0.4, 0.5) is 0 Å². The van der Waals surface area contributed by atoms with E-state index < -0.39 is 0 Å². The fraction of sp³-hybridized carbons (Fsp3) is 0.469. The Balaban J connectivity index is 1.40. The van der Waals surface area contributed by atoms with Gasteiger partial charge in [0.15, 0.2) is 0 Å². The Kier molecular flexibility index (Phi) is 18.2. The Morgan fingerprint density at radius 1 is 0.940 bits per heavy atom. The first kappa shape index (κ1) is 40.8. The van der Waals surface area contributed by atoms with Crippen molar-refractivity contribution in [2.24, 2.45) is 11.3 Å². The molecular weight excluding hydrogens is 603 g/mol. The molecule has 0 heterocycles. The van der Waals surface area contributed by atoms with Gasteiger partial charge in [0.1, 0.15) is 0 Å². The molecule has 3 unspecified atom stereocenters. The zero-order chi connectivity index (χ0) is 36.2. The van der Waals surface area contributed by atoms with E-state index in [0.717, 1.165) is 38.0 Å². The van der Waals surface area contributed by atoms with Crippen molar-refractivity contribution in [3.05, 3.63) is 156 Å². The monoisotopic (exact) mass is 672 g/mol. The molecule has 1 aromatic rings. The summed E-state index contributed by atoms with van der Waals surface area (Å²) in [7, 11) is 2.18. The minimum absolute atomic E-state index is 0.440. The highest BCUT2D eigenvalue weighted by molar-refractivity contribution is 5.36. The van der Waals surface area contributed by atoms with E-state index >= 15 is 0 Å². The molecule has 270 valence electrons. The van der Waals surface area contributed by atoms with Gasteiger partial charge in [-0.2, -0.15) is 0 Å². The lowest BCUT2D eigenvalue weighted by atomic mass is 9.75. The van der Waals surface area contributed by atoms with Gasteiger partial charge in [-0.05, 0) is 121 Å². The number of unbranched alkanes of at least 4 members (excludes halogenated alkanes) is 1. The van der Waals surface area contributed by atoms with Crippen LogP contribution in [0.25, 0.3) is 0 Å². The number of hydrogen-bond acceptors (Lipinski definition) is 1. The van der Waals surface area contributed by atoms with Crippen LogP contribution in [0.1, 0.15) is 136 Å². The first-order valence-corrected chi connectivity index (χ1v) is 19.6. The van der Waals surface area contributed by atoms with Crippen molar-refractivity contribution in [1.29, 1.82) is 0 Å². The topological polar surface area (TPSA) is 3.24 Å². The molecule has 1 heteroatoms. The maximum atomic E-state index is 4.46. The highest BCUT2D eigenvalue weighted by Gasteiger charge is 2.29. The van der Waals surface area contributed by atoms with Crippen molar-refractivity contribution in [3.8, 4) is 0 Å². The van der Waals surface area contributed by atoms with Crippen LogP contribution in [-0.2, 0) is 0 Å². The molecule has 1 nitrogen and oxygen atoms in total. The molecule has 0 radical (unpaired) electrons. The fourth-order valence-corrected chi connectivity index (χ4v) is 7.62. The fourth-order valence-electron chi connectivity index (χ4n) is 7.62. The van der Waals surface area contributed by atoms with Gasteiger partial charge in [0.2, 0.25) is 0 Å². The van der Waals surface area contributed by atoms with Gasteiger partial charge in [0, 0.05) is 30.8 Å². The second-order valence-electron chi connectivity index (χ2n) is 15.3. The summed E-state index contributed by atoms with van der Waals surface area (Å²) in [6.45, 7) is 20.1. The summed E-state index contributed by atoms with van der Waals surface area (Å²) in [5.41, 5.74) is 9.80. The van der Waals surface area contributed by atoms with E-state index in [9.17, 15) is 0 Å². The highest BCUT2D eigenvalue weighted by Crippen LogP contribution is 2.43. The maximum Gasteiger partial charge on any atom is 0.0240 e. The third-order valence-corrected chi connectivity index (χ3v) is 11.1. The van der Waals surface area contributed by atoms with Crippen LogP contribution in [0.5, 0.6) is 0 Å². The minimum atomic E-state index is 0.440. The van der Waals surface area contributed by atoms with E-state index in [4.69, 9.17) is 0 Å². The Bertz CT molecular complexity index is 1450. The summed E-state index contributed by atoms with van der Waals surface area (Å²) < 4.78 is 0. The quantitative estimate of drug-likeness (QED) is 0.0804. The molecule has 3 atom stereocenters. The molecule has 2 aliphatic carbocycles. The smallest absolute Gasteiger partial charge is 0.0240 e. The van der Waals surface area contributed by atoms with E-state index in [1.807, 2.05) is 0 Å². The van der Waals surface area contributed by atoms with E-state index in [1.165, 1.54) is 97.0 Å². The van der Waals surface area contributed by atoms with Gasteiger partial charge < -0.3 is 4.90 Å². The van der Waals surface area contributed by atoms with Gasteiger partial charge in [-0.15, -0.1) is 0 Å². The second-order valence-corrected chi connectivity index (χ2v) is 15.3. The summed E-state index contributed by atoms with van der Waals surface area (Å²) in [6.07, 6.45) is 43.9. The van der Waals surface area contributed by atoms with Crippen LogP contribution in [0.15, 0.2) is 150 Å². The van der Waals surface area contributed by atoms with Crippen LogP contribution < -0.4 is 0 Å². The Labute approximate surface area is 308 Å². The predicted octanol–water partition coefficient (Wildman–Crippen LogP) is 14.9. The van der Waals surface area contributed by atoms with Gasteiger partial charge in [-0.3, -0.25) is 0 Å². The minimum Gasteiger partial charge on any atom is -0.352 e. The van der Waals surface area contributed by atoms with E-state index in [1.54, 1.807) is 0 Å². The zero-order valence-corrected chi connectivity index (χ0v) is 32.7. The summed E-state index contributed by atoms with van der Waals surface area (Å²) in [4.78, 5) is 2.32. The average Bonchev–Trinajstić information content (AvgIpc) is 3.41. The third-order valence-electron chi connectivity index (χ3n) is 11.1. The van der Waals surface area contributed by atoms with Crippen molar-refractivity contribution < 1.29 is 0 Å². The number of allylic oxidation sites excluding steroid dienone is 17. The van der Waals surface area contributed by atoms with Crippen LogP contribution in [0.3, 0.4) is 0 Å². The maximum absolute atomic E-state index is 4.46. The molecular formula is C49H69N. The van der Waals surface area contributed by atoms with Gasteiger partial charge in [-0.25, -0.2) is 0 Å². The second kappa shape index (κ2) is 22.3. The third kappa shape index (κ3) is 14.7. The van der Waals surface area contributed by atoms with Crippen LogP contribution >= 0.6 is 0 Å². The van der Waals surface area contributed by atoms with Crippen molar-refractivity contribution in [2.75, 3.05) is 7.05 Å². The number of nitrogens with zero attached hydrogens (tertiary/aromatic N) is 1. The molecule has 1 aromatic carbocycles. The van der Waals surface area contributed by atoms with Crippen LogP contribution in [-0.4, -0.2) is 11.9 Å². The van der Waals surface area contributed by atoms with Gasteiger partial charge in [0.05, 0.1) is 0 Å². The molecule has 0 aromatic heterocycles. The van der Waals surface area contributed by atoms with Crippen molar-refractivity contribution in [2.45, 2.75) is 130 Å². The van der Waals surface area contributed by atoms with Gasteiger partial charge in [0.25, 0.3) is 0 Å². The largest absolute Gasteiger partial charge is 0.352 e. The van der Waals surface area contributed by atoms with E-state index in [2.05, 4.69) is 163 Å². The van der Waals surface area contributed by atoms with Crippen molar-refractivity contribution >= 4 is 0 Å². The standard InChI is InChI=1S/C49H69N/c1-9-11-12-13-15-28-47(46-26-16-14-17-27-46)35-38-49(7)36-21-25-45(34-37-49)33-31-40(3)30-32-44(10-2)24-19-18-23-43(6)50(8)48-29-20-22-41(4)39-42(48)5/h9-17,20,22,26-28,30,32,39,45,47H,3,6,18-19,21,23-25,29,31,33-38H2,1-2,4-5,7-8H3. The first-order valence-electron chi connectivity index (χ1n) is 19.6. The van der Waals surface area contributed by atoms with Crippen LogP contribution in [0, 0.1) is 11.3 Å². The highest BCUT2D eigenvalue weighted by atomic mass is 15.1. The molecule has 1 fully saturated rings. The van der Waals surface area contributed by atoms with E-state index in [-0.39, 0.29) is 0 Å². The number of benzene rings is 1. The number of rotatable bonds is 19. The first-order chi connectivity index (χ1) is 24.1. The summed E-state index contributed by atoms with van der Waals surface area (Å²) in [5.74, 6) is 1.29. The van der Waals surface area contributed by atoms with Gasteiger partial charge >= 0.3 is 0 Å². The number of hydrogen-bond donors (Lipinski definition) is 0. The summed E-state index contributed by atoms with van der Waals surface area (Å²) in [5, 5.41) is 0. The molecule has 0 saturated heterocycles. The Hall–Kier alpha value is -3.58. The predicted molar refractivity (Wildman–Crippen MR) is 223 cm³/mol. The molecule has 0 N–H and O–H groups in total. The summed E-state index contributed by atoms with van der Waals surface area (Å²) >= 11 is 0. The lowest BCUT2D eigenvalue weighted by Crippen LogP contribution is -2.17. The normalized spacial score (nSPS) is 21.3. The van der Waals surface area contributed by atoms with Crippen molar-refractivity contribution in [3.63, 3.8) is 0 Å². The Morgan fingerprint density at radius 3 is 2.46 bits per heavy atom. The molecule has 50 heavy (non-hydrogen) atoms. The molecule has 2 aliphatic rings. The molecule has 0 spiro atoms. The molecule has 0 aliphatic heterocycles. The average molecular weight is 672 g/mol. The van der Waals surface area contributed by atoms with Crippen molar-refractivity contribution in [1.82, 2.24) is 4.90 Å². The van der Waals surface area contributed by atoms with E-state index in [0.29, 0.717) is 11.3 Å². The SMILES string of the molecule is C=C(C=CC(=CC)CCCCC(=C)N(C)C1=C(C)C=C(C)C=CC1)CCC1CCCC(C)(CCC(C=CC=CC=CC)c2ccccc2)CC1. The molecule has 1 saturated carbocycles. The molecule has 0 bridgehead atoms. The van der Waals surface area contributed by atoms with Crippen LogP contribution in [0.2, 0.25) is 0 Å². The summed E-state index contributed by atoms with van der Waals surface area (Å²) in [6, 6.07) is 11.1. The molecule has 0 amide bonds. The Morgan fingerprint density at radius 2 is 1.70 bits per heavy atom. The lowest BCUT2D eigenvalue weighted by molar-refractivity contribution is 0.240. The lowest BCUT2D eigenvalue weighted by Gasteiger charge is -2.30. The van der Waals surface area contributed by atoms with Gasteiger partial charge in [-0.1, -0.05) is 153 Å².